The summed E-state index contributed by atoms with van der Waals surface area (Å²) in [6, 6.07) is 38.0. The quantitative estimate of drug-likeness (QED) is 0.152. The number of fused-ring (bicyclic) bond motifs is 2. The third-order valence-corrected chi connectivity index (χ3v) is 59.2. The van der Waals surface area contributed by atoms with Gasteiger partial charge in [0, 0.05) is 0 Å². The Hall–Kier alpha value is -2.74. The maximum absolute atomic E-state index is 8.80. The standard InChI is InChI=1S/2C18H17.C7H9Si.2ClH.Zr/c2*1-12-10-15-7-5-9-17(18(15)11-12)16-8-4-6-13(2)14(16)3;1-8-7-5-3-2-4-6-7;;;/h2*4-11H,1-3H3;2-6,8H,1H3;2*1H;/q;;;;;+2/p-2. The van der Waals surface area contributed by atoms with Gasteiger partial charge in [-0.2, -0.15) is 0 Å². The van der Waals surface area contributed by atoms with Crippen LogP contribution in [0.2, 0.25) is 6.55 Å². The van der Waals surface area contributed by atoms with E-state index in [2.05, 4.69) is 163 Å². The van der Waals surface area contributed by atoms with E-state index in [4.69, 9.17) is 17.0 Å². The van der Waals surface area contributed by atoms with Crippen LogP contribution in [0, 0.1) is 27.7 Å². The molecule has 0 radical (unpaired) electrons. The van der Waals surface area contributed by atoms with Crippen LogP contribution < -0.4 is 5.19 Å². The topological polar surface area (TPSA) is 0 Å². The predicted octanol–water partition coefficient (Wildman–Crippen LogP) is 12.1. The van der Waals surface area contributed by atoms with E-state index in [0.717, 1.165) is 0 Å². The van der Waals surface area contributed by atoms with Crippen LogP contribution in [0.1, 0.15) is 65.6 Å². The molecule has 5 aromatic carbocycles. The van der Waals surface area contributed by atoms with Crippen LogP contribution in [0.5, 0.6) is 0 Å². The number of halogens is 2. The first kappa shape index (κ1) is 32.8. The van der Waals surface area contributed by atoms with Gasteiger partial charge in [0.05, 0.1) is 0 Å². The Labute approximate surface area is 290 Å². The first-order valence-electron chi connectivity index (χ1n) is 16.8. The zero-order chi connectivity index (χ0) is 33.3. The number of rotatable bonds is 6. The summed E-state index contributed by atoms with van der Waals surface area (Å²) in [7, 11) is 17.6. The Kier molecular flexibility index (Phi) is 8.37. The van der Waals surface area contributed by atoms with E-state index >= 15 is 0 Å². The van der Waals surface area contributed by atoms with Crippen molar-refractivity contribution in [3.8, 4) is 22.3 Å². The zero-order valence-electron chi connectivity index (χ0n) is 28.5. The second-order valence-electron chi connectivity index (χ2n) is 14.1. The average Bonchev–Trinajstić information content (AvgIpc) is 3.60. The van der Waals surface area contributed by atoms with Gasteiger partial charge in [-0.05, 0) is 0 Å². The Morgan fingerprint density at radius 1 is 0.489 bits per heavy atom. The first-order valence-corrected chi connectivity index (χ1v) is 32.5. The summed E-state index contributed by atoms with van der Waals surface area (Å²) in [5.41, 5.74) is 18.3. The summed E-state index contributed by atoms with van der Waals surface area (Å²) in [6.45, 7) is 15.9. The molecule has 4 heteroatoms. The molecule has 0 heterocycles. The van der Waals surface area contributed by atoms with Crippen LogP contribution in [0.3, 0.4) is 0 Å². The number of hydrogen-bond donors (Lipinski definition) is 0. The molecule has 0 N–H and O–H groups in total. The van der Waals surface area contributed by atoms with Gasteiger partial charge < -0.3 is 0 Å². The third-order valence-electron chi connectivity index (χ3n) is 11.6. The molecule has 0 saturated heterocycles. The van der Waals surface area contributed by atoms with Crippen LogP contribution in [0.15, 0.2) is 114 Å². The van der Waals surface area contributed by atoms with Crippen LogP contribution in [-0.4, -0.2) is 5.92 Å². The molecule has 5 aromatic rings. The van der Waals surface area contributed by atoms with Gasteiger partial charge in [-0.1, -0.05) is 0 Å². The van der Waals surface area contributed by atoms with Crippen molar-refractivity contribution >= 4 is 40.3 Å². The van der Waals surface area contributed by atoms with Crippen molar-refractivity contribution in [3.05, 3.63) is 159 Å². The minimum absolute atomic E-state index is 0.0189. The Balaban J connectivity index is 1.49. The van der Waals surface area contributed by atoms with Crippen molar-refractivity contribution in [3.63, 3.8) is 0 Å². The second-order valence-corrected chi connectivity index (χ2v) is 54.3. The van der Waals surface area contributed by atoms with Crippen molar-refractivity contribution in [2.45, 2.75) is 55.3 Å². The van der Waals surface area contributed by atoms with E-state index in [1.807, 2.05) is 0 Å². The van der Waals surface area contributed by atoms with Crippen molar-refractivity contribution in [1.82, 2.24) is 0 Å². The summed E-state index contributed by atoms with van der Waals surface area (Å²) >= 11 is -5.05. The normalized spacial score (nSPS) is 18.5. The van der Waals surface area contributed by atoms with E-state index < -0.39 is 21.5 Å². The average molecular weight is 750 g/mol. The van der Waals surface area contributed by atoms with Crippen LogP contribution in [0.4, 0.5) is 0 Å². The molecule has 3 atom stereocenters. The van der Waals surface area contributed by atoms with Gasteiger partial charge in [-0.25, -0.2) is 0 Å². The van der Waals surface area contributed by atoms with Crippen LogP contribution in [-0.2, 0) is 15.6 Å². The van der Waals surface area contributed by atoms with E-state index in [1.165, 1.54) is 83.1 Å². The van der Waals surface area contributed by atoms with E-state index in [0.29, 0.717) is 0 Å². The summed E-state index contributed by atoms with van der Waals surface area (Å²) in [4.78, 5) is 0. The summed E-state index contributed by atoms with van der Waals surface area (Å²) in [5, 5.41) is 1.36. The molecule has 2 aliphatic rings. The molecular formula is C43H43Cl2SiZr. The first-order chi connectivity index (χ1) is 22.4. The number of aryl methyl sites for hydroxylation is 2. The van der Waals surface area contributed by atoms with Crippen molar-refractivity contribution in [2.75, 3.05) is 0 Å². The van der Waals surface area contributed by atoms with Gasteiger partial charge >= 0.3 is 292 Å². The van der Waals surface area contributed by atoms with E-state index in [1.54, 1.807) is 0 Å². The number of benzene rings is 5. The molecule has 7 rings (SSSR count). The molecule has 47 heavy (non-hydrogen) atoms. The van der Waals surface area contributed by atoms with Gasteiger partial charge in [0.2, 0.25) is 0 Å². The molecule has 237 valence electrons. The minimum atomic E-state index is -5.05. The van der Waals surface area contributed by atoms with Crippen molar-refractivity contribution in [1.29, 1.82) is 0 Å². The van der Waals surface area contributed by atoms with Gasteiger partial charge in [0.1, 0.15) is 0 Å². The monoisotopic (exact) mass is 747 g/mol. The van der Waals surface area contributed by atoms with E-state index in [9.17, 15) is 0 Å². The Morgan fingerprint density at radius 3 is 1.34 bits per heavy atom. The molecule has 2 aliphatic carbocycles. The fraction of sp³-hybridized carbons (Fsp3) is 0.209. The van der Waals surface area contributed by atoms with Crippen LogP contribution in [0.25, 0.3) is 34.4 Å². The molecule has 0 nitrogen and oxygen atoms in total. The summed E-state index contributed by atoms with van der Waals surface area (Å²) < 4.78 is 0.0377. The van der Waals surface area contributed by atoms with Gasteiger partial charge in [-0.3, -0.25) is 0 Å². The molecule has 0 aromatic heterocycles. The fourth-order valence-electron chi connectivity index (χ4n) is 8.85. The number of hydrogen-bond acceptors (Lipinski definition) is 0. The van der Waals surface area contributed by atoms with Gasteiger partial charge in [-0.15, -0.1) is 0 Å². The maximum atomic E-state index is 8.80. The second kappa shape index (κ2) is 12.0. The fourth-order valence-corrected chi connectivity index (χ4v) is 51.0. The van der Waals surface area contributed by atoms with Crippen molar-refractivity contribution in [2.24, 2.45) is 0 Å². The predicted molar refractivity (Wildman–Crippen MR) is 206 cm³/mol. The summed E-state index contributed by atoms with van der Waals surface area (Å²) in [6.07, 6.45) is 4.84. The molecule has 0 spiro atoms. The summed E-state index contributed by atoms with van der Waals surface area (Å²) in [5.74, 6) is -1.96. The molecule has 0 fully saturated rings. The molecule has 3 unspecified atom stereocenters. The van der Waals surface area contributed by atoms with Gasteiger partial charge in [0.25, 0.3) is 0 Å². The van der Waals surface area contributed by atoms with Crippen molar-refractivity contribution < 1.29 is 15.6 Å². The molecule has 0 saturated carbocycles. The molecule has 0 aliphatic heterocycles. The molecular weight excluding hydrogens is 707 g/mol. The van der Waals surface area contributed by atoms with E-state index in [-0.39, 0.29) is 7.25 Å². The van der Waals surface area contributed by atoms with Crippen LogP contribution >= 0.6 is 17.0 Å². The zero-order valence-corrected chi connectivity index (χ0v) is 33.6. The molecule has 0 amide bonds. The molecule has 0 bridgehead atoms. The Morgan fingerprint density at radius 2 is 0.894 bits per heavy atom. The Bertz CT molecular complexity index is 2000. The SMILES string of the molecule is CC1=Cc2c(-c3cccc(C)c3C)cccc2[CH]1[Zr]([Cl])([Cl])([CH]1C(C)=Cc2c(-c3cccc(C)c3C)cccc21)[SiH](C)c1ccccc1. The number of allylic oxidation sites excluding steroid dienone is 2. The third kappa shape index (κ3) is 5.01. The van der Waals surface area contributed by atoms with Gasteiger partial charge in [0.15, 0.2) is 0 Å².